The number of para-hydroxylation sites is 2. The number of hydrogen-bond donors (Lipinski definition) is 2. The highest BCUT2D eigenvalue weighted by Crippen LogP contribution is 2.31. The van der Waals surface area contributed by atoms with Gasteiger partial charge in [0.2, 0.25) is 0 Å². The van der Waals surface area contributed by atoms with Crippen LogP contribution in [0.5, 0.6) is 5.75 Å². The number of halogens is 1. The Morgan fingerprint density at radius 3 is 2.48 bits per heavy atom. The summed E-state index contributed by atoms with van der Waals surface area (Å²) in [5.41, 5.74) is 4.76. The van der Waals surface area contributed by atoms with E-state index in [0.29, 0.717) is 11.3 Å². The Hall–Kier alpha value is -3.32. The van der Waals surface area contributed by atoms with Gasteiger partial charge in [-0.3, -0.25) is 15.0 Å². The van der Waals surface area contributed by atoms with E-state index in [1.54, 1.807) is 18.2 Å². The molecule has 1 heterocycles. The average molecular weight is 452 g/mol. The highest BCUT2D eigenvalue weighted by Gasteiger charge is 2.34. The van der Waals surface area contributed by atoms with Crippen molar-refractivity contribution in [2.45, 2.75) is 6.17 Å². The van der Waals surface area contributed by atoms with Gasteiger partial charge in [0, 0.05) is 5.69 Å². The third-order valence-corrected chi connectivity index (χ3v) is 5.14. The van der Waals surface area contributed by atoms with Crippen LogP contribution in [-0.4, -0.2) is 23.4 Å². The number of carbonyl (C=O) groups excluding carboxylic acids is 2. The molecule has 0 aliphatic carbocycles. The fraction of sp³-hybridized carbons (Fsp3) is 0.0909. The van der Waals surface area contributed by atoms with E-state index >= 15 is 0 Å². The number of fused-ring (bicyclic) bond motifs is 1. The molecule has 0 bridgehead atoms. The van der Waals surface area contributed by atoms with E-state index in [4.69, 9.17) is 4.74 Å². The van der Waals surface area contributed by atoms with Crippen LogP contribution in [0.1, 0.15) is 22.1 Å². The smallest absolute Gasteiger partial charge is 0.276 e. The molecule has 2 amide bonds. The first-order valence-electron chi connectivity index (χ1n) is 9.04. The number of carbonyl (C=O) groups is 2. The molecule has 0 fully saturated rings. The van der Waals surface area contributed by atoms with Crippen molar-refractivity contribution in [2.24, 2.45) is 0 Å². The van der Waals surface area contributed by atoms with E-state index < -0.39 is 12.1 Å². The Bertz CT molecular complexity index is 1040. The normalized spacial score (nSPS) is 15.3. The lowest BCUT2D eigenvalue weighted by Crippen LogP contribution is -2.53. The van der Waals surface area contributed by atoms with Crippen LogP contribution in [0.4, 0.5) is 5.69 Å². The third kappa shape index (κ3) is 4.09. The maximum atomic E-state index is 13.1. The number of hydrogen-bond acceptors (Lipinski definition) is 4. The molecule has 0 aromatic heterocycles. The summed E-state index contributed by atoms with van der Waals surface area (Å²) in [4.78, 5) is 25.6. The lowest BCUT2D eigenvalue weighted by molar-refractivity contribution is -0.127. The number of hydrazine groups is 1. The summed E-state index contributed by atoms with van der Waals surface area (Å²) in [5, 5.41) is 4.63. The van der Waals surface area contributed by atoms with Gasteiger partial charge in [-0.25, -0.2) is 5.01 Å². The Morgan fingerprint density at radius 2 is 1.69 bits per heavy atom. The van der Waals surface area contributed by atoms with Gasteiger partial charge in [0.15, 0.2) is 6.61 Å². The average Bonchev–Trinajstić information content (AvgIpc) is 2.75. The maximum absolute atomic E-state index is 13.1. The van der Waals surface area contributed by atoms with Crippen molar-refractivity contribution in [3.63, 3.8) is 0 Å². The maximum Gasteiger partial charge on any atom is 0.276 e. The number of nitrogens with one attached hydrogen (secondary N) is 2. The second-order valence-electron chi connectivity index (χ2n) is 6.43. The van der Waals surface area contributed by atoms with Crippen molar-refractivity contribution >= 4 is 33.4 Å². The molecule has 1 unspecified atom stereocenters. The molecule has 3 aromatic carbocycles. The Balaban J connectivity index is 1.55. The lowest BCUT2D eigenvalue weighted by atomic mass is 10.1. The standard InChI is InChI=1S/C22H18BrN3O3/c23-17-11-5-7-13-19(17)29-14-20(27)25-26-21(15-8-2-1-3-9-15)24-18-12-6-4-10-16(18)22(26)28/h1-13,21,24H,14H2,(H,25,27). The van der Waals surface area contributed by atoms with Crippen LogP contribution >= 0.6 is 15.9 Å². The van der Waals surface area contributed by atoms with Gasteiger partial charge in [0.1, 0.15) is 11.9 Å². The van der Waals surface area contributed by atoms with Crippen LogP contribution in [0.25, 0.3) is 0 Å². The number of amides is 2. The van der Waals surface area contributed by atoms with Crippen molar-refractivity contribution in [1.82, 2.24) is 10.4 Å². The van der Waals surface area contributed by atoms with E-state index in [-0.39, 0.29) is 12.5 Å². The summed E-state index contributed by atoms with van der Waals surface area (Å²) in [6, 6.07) is 24.0. The van der Waals surface area contributed by atoms with Crippen LogP contribution < -0.4 is 15.5 Å². The molecule has 7 heteroatoms. The predicted molar refractivity (Wildman–Crippen MR) is 113 cm³/mol. The summed E-state index contributed by atoms with van der Waals surface area (Å²) in [6.07, 6.45) is -0.536. The van der Waals surface area contributed by atoms with Gasteiger partial charge in [-0.1, -0.05) is 54.6 Å². The molecule has 1 atom stereocenters. The molecule has 0 radical (unpaired) electrons. The minimum absolute atomic E-state index is 0.227. The molecule has 1 aliphatic heterocycles. The van der Waals surface area contributed by atoms with Gasteiger partial charge in [-0.2, -0.15) is 0 Å². The minimum Gasteiger partial charge on any atom is -0.483 e. The van der Waals surface area contributed by atoms with Crippen molar-refractivity contribution in [1.29, 1.82) is 0 Å². The molecule has 6 nitrogen and oxygen atoms in total. The van der Waals surface area contributed by atoms with E-state index in [1.807, 2.05) is 60.7 Å². The fourth-order valence-electron chi connectivity index (χ4n) is 3.11. The highest BCUT2D eigenvalue weighted by molar-refractivity contribution is 9.10. The second-order valence-corrected chi connectivity index (χ2v) is 7.29. The quantitative estimate of drug-likeness (QED) is 0.611. The molecule has 1 aliphatic rings. The van der Waals surface area contributed by atoms with Gasteiger partial charge in [-0.05, 0) is 45.8 Å². The van der Waals surface area contributed by atoms with Gasteiger partial charge in [0.05, 0.1) is 10.0 Å². The molecule has 2 N–H and O–H groups in total. The number of anilines is 1. The van der Waals surface area contributed by atoms with Crippen molar-refractivity contribution in [3.05, 3.63) is 94.5 Å². The Morgan fingerprint density at radius 1 is 1.00 bits per heavy atom. The zero-order valence-corrected chi connectivity index (χ0v) is 16.9. The van der Waals surface area contributed by atoms with E-state index in [9.17, 15) is 9.59 Å². The van der Waals surface area contributed by atoms with E-state index in [0.717, 1.165) is 15.7 Å². The van der Waals surface area contributed by atoms with E-state index in [2.05, 4.69) is 26.7 Å². The summed E-state index contributed by atoms with van der Waals surface area (Å²) in [6.45, 7) is -0.227. The molecular weight excluding hydrogens is 434 g/mol. The Kier molecular flexibility index (Phi) is 5.48. The number of nitrogens with zero attached hydrogens (tertiary/aromatic N) is 1. The van der Waals surface area contributed by atoms with Gasteiger partial charge >= 0.3 is 0 Å². The molecule has 0 saturated carbocycles. The van der Waals surface area contributed by atoms with Crippen molar-refractivity contribution < 1.29 is 14.3 Å². The fourth-order valence-corrected chi connectivity index (χ4v) is 3.51. The largest absolute Gasteiger partial charge is 0.483 e. The van der Waals surface area contributed by atoms with Crippen LogP contribution in [0, 0.1) is 0 Å². The first kappa shape index (κ1) is 19.0. The summed E-state index contributed by atoms with van der Waals surface area (Å²) < 4.78 is 6.32. The van der Waals surface area contributed by atoms with Crippen LogP contribution in [0.2, 0.25) is 0 Å². The third-order valence-electron chi connectivity index (χ3n) is 4.48. The van der Waals surface area contributed by atoms with Crippen molar-refractivity contribution in [2.75, 3.05) is 11.9 Å². The number of rotatable bonds is 5. The molecular formula is C22H18BrN3O3. The minimum atomic E-state index is -0.536. The monoisotopic (exact) mass is 451 g/mol. The van der Waals surface area contributed by atoms with E-state index in [1.165, 1.54) is 5.01 Å². The SMILES string of the molecule is O=C(COc1ccccc1Br)NN1C(=O)c2ccccc2NC1c1ccccc1. The zero-order valence-electron chi connectivity index (χ0n) is 15.3. The van der Waals surface area contributed by atoms with Gasteiger partial charge in [-0.15, -0.1) is 0 Å². The molecule has 3 aromatic rings. The van der Waals surface area contributed by atoms with Crippen molar-refractivity contribution in [3.8, 4) is 5.75 Å². The second kappa shape index (κ2) is 8.36. The first-order chi connectivity index (χ1) is 14.1. The molecule has 29 heavy (non-hydrogen) atoms. The zero-order chi connectivity index (χ0) is 20.2. The Labute approximate surface area is 176 Å². The summed E-state index contributed by atoms with van der Waals surface area (Å²) in [5.74, 6) is -0.172. The molecule has 0 spiro atoms. The molecule has 146 valence electrons. The number of benzene rings is 3. The predicted octanol–water partition coefficient (Wildman–Crippen LogP) is 4.13. The summed E-state index contributed by atoms with van der Waals surface area (Å²) in [7, 11) is 0. The first-order valence-corrected chi connectivity index (χ1v) is 9.83. The van der Waals surface area contributed by atoms with Crippen LogP contribution in [-0.2, 0) is 4.79 Å². The van der Waals surface area contributed by atoms with Crippen LogP contribution in [0.3, 0.4) is 0 Å². The van der Waals surface area contributed by atoms with Gasteiger partial charge in [0.25, 0.3) is 11.8 Å². The topological polar surface area (TPSA) is 70.7 Å². The lowest BCUT2D eigenvalue weighted by Gasteiger charge is -2.37. The number of ether oxygens (including phenoxy) is 1. The molecule has 0 saturated heterocycles. The molecule has 4 rings (SSSR count). The highest BCUT2D eigenvalue weighted by atomic mass is 79.9. The van der Waals surface area contributed by atoms with Crippen LogP contribution in [0.15, 0.2) is 83.3 Å². The van der Waals surface area contributed by atoms with Gasteiger partial charge < -0.3 is 10.1 Å². The summed E-state index contributed by atoms with van der Waals surface area (Å²) >= 11 is 3.38.